The number of fused-ring (bicyclic) bond motifs is 1. The number of rotatable bonds is 3. The van der Waals surface area contributed by atoms with Crippen molar-refractivity contribution in [3.63, 3.8) is 0 Å². The fourth-order valence-electron chi connectivity index (χ4n) is 4.23. The molecule has 2 amide bonds. The summed E-state index contributed by atoms with van der Waals surface area (Å²) < 4.78 is 40.8. The molecule has 1 saturated heterocycles. The van der Waals surface area contributed by atoms with Crippen molar-refractivity contribution in [3.05, 3.63) is 65.5 Å². The molecule has 1 atom stereocenters. The van der Waals surface area contributed by atoms with E-state index in [1.165, 1.54) is 29.4 Å². The van der Waals surface area contributed by atoms with Gasteiger partial charge in [0.05, 0.1) is 0 Å². The highest BCUT2D eigenvalue weighted by Crippen LogP contribution is 2.26. The van der Waals surface area contributed by atoms with Crippen molar-refractivity contribution < 1.29 is 22.4 Å². The molecule has 164 valence electrons. The van der Waals surface area contributed by atoms with Gasteiger partial charge in [0.1, 0.15) is 16.8 Å². The predicted octanol–water partition coefficient (Wildman–Crippen LogP) is 1.63. The zero-order valence-corrected chi connectivity index (χ0v) is 18.0. The largest absolute Gasteiger partial charge is 0.338 e. The van der Waals surface area contributed by atoms with Crippen molar-refractivity contribution in [2.45, 2.75) is 30.8 Å². The summed E-state index contributed by atoms with van der Waals surface area (Å²) in [6.07, 6.45) is 0.433. The second-order valence-corrected chi connectivity index (χ2v) is 9.70. The molecule has 0 N–H and O–H groups in total. The summed E-state index contributed by atoms with van der Waals surface area (Å²) >= 11 is 0. The molecule has 0 saturated carbocycles. The van der Waals surface area contributed by atoms with Crippen molar-refractivity contribution in [1.29, 1.82) is 0 Å². The second kappa shape index (κ2) is 8.39. The van der Waals surface area contributed by atoms with E-state index in [1.54, 1.807) is 9.80 Å². The minimum absolute atomic E-state index is 0.0752. The molecule has 4 rings (SSSR count). The maximum absolute atomic E-state index is 14.0. The van der Waals surface area contributed by atoms with Crippen LogP contribution >= 0.6 is 0 Å². The van der Waals surface area contributed by atoms with Gasteiger partial charge in [-0.2, -0.15) is 4.31 Å². The van der Waals surface area contributed by atoms with Crippen LogP contribution in [0.4, 0.5) is 4.39 Å². The summed E-state index contributed by atoms with van der Waals surface area (Å²) in [5, 5.41) is 0. The summed E-state index contributed by atoms with van der Waals surface area (Å²) in [6.45, 7) is 2.36. The third-order valence-corrected chi connectivity index (χ3v) is 7.87. The second-order valence-electron chi connectivity index (χ2n) is 7.80. The lowest BCUT2D eigenvalue weighted by Gasteiger charge is -2.40. The number of nitrogens with zero attached hydrogens (tertiary/aromatic N) is 3. The predicted molar refractivity (Wildman–Crippen MR) is 112 cm³/mol. The van der Waals surface area contributed by atoms with Gasteiger partial charge in [0.25, 0.3) is 0 Å². The number of hydrogen-bond acceptors (Lipinski definition) is 4. The van der Waals surface area contributed by atoms with Gasteiger partial charge in [0, 0.05) is 46.1 Å². The van der Waals surface area contributed by atoms with Gasteiger partial charge >= 0.3 is 0 Å². The van der Waals surface area contributed by atoms with Gasteiger partial charge in [-0.05, 0) is 23.3 Å². The van der Waals surface area contributed by atoms with E-state index in [0.29, 0.717) is 13.0 Å². The molecule has 9 heteroatoms. The molecule has 0 bridgehead atoms. The van der Waals surface area contributed by atoms with Gasteiger partial charge in [0.15, 0.2) is 0 Å². The summed E-state index contributed by atoms with van der Waals surface area (Å²) in [5.41, 5.74) is 2.07. The van der Waals surface area contributed by atoms with Crippen molar-refractivity contribution in [2.24, 2.45) is 0 Å². The first-order chi connectivity index (χ1) is 14.8. The van der Waals surface area contributed by atoms with Crippen LogP contribution in [0.5, 0.6) is 0 Å². The molecule has 2 aliphatic heterocycles. The SMILES string of the molecule is CC(=O)N1Cc2ccccc2CC1C(=O)N1CCN(S(=O)(=O)c2ccccc2F)CC1. The molecule has 0 aliphatic carbocycles. The fraction of sp³-hybridized carbons (Fsp3) is 0.364. The zero-order chi connectivity index (χ0) is 22.2. The Bertz CT molecular complexity index is 1110. The Kier molecular flexibility index (Phi) is 5.81. The molecule has 1 fully saturated rings. The quantitative estimate of drug-likeness (QED) is 0.720. The molecule has 7 nitrogen and oxygen atoms in total. The number of piperazine rings is 1. The molecule has 2 aliphatic rings. The Labute approximate surface area is 181 Å². The van der Waals surface area contributed by atoms with E-state index < -0.39 is 21.9 Å². The number of hydrogen-bond donors (Lipinski definition) is 0. The van der Waals surface area contributed by atoms with Gasteiger partial charge in [-0.1, -0.05) is 36.4 Å². The lowest BCUT2D eigenvalue weighted by molar-refractivity contribution is -0.146. The van der Waals surface area contributed by atoms with Crippen LogP contribution in [-0.4, -0.2) is 66.6 Å². The summed E-state index contributed by atoms with van der Waals surface area (Å²) in [7, 11) is -3.98. The number of carbonyl (C=O) groups is 2. The Morgan fingerprint density at radius 1 is 0.935 bits per heavy atom. The minimum atomic E-state index is -3.98. The molecule has 0 spiro atoms. The van der Waals surface area contributed by atoms with Crippen molar-refractivity contribution in [2.75, 3.05) is 26.2 Å². The van der Waals surface area contributed by atoms with E-state index in [-0.39, 0.29) is 42.9 Å². The van der Waals surface area contributed by atoms with E-state index in [0.717, 1.165) is 17.2 Å². The minimum Gasteiger partial charge on any atom is -0.338 e. The van der Waals surface area contributed by atoms with E-state index in [2.05, 4.69) is 0 Å². The highest BCUT2D eigenvalue weighted by molar-refractivity contribution is 7.89. The van der Waals surface area contributed by atoms with Crippen LogP contribution in [0.15, 0.2) is 53.4 Å². The number of carbonyl (C=O) groups excluding carboxylic acids is 2. The normalized spacial score (nSPS) is 19.7. The van der Waals surface area contributed by atoms with Crippen LogP contribution in [0.1, 0.15) is 18.1 Å². The maximum Gasteiger partial charge on any atom is 0.246 e. The van der Waals surface area contributed by atoms with E-state index in [9.17, 15) is 22.4 Å². The standard InChI is InChI=1S/C22H24FN3O4S/c1-16(27)26-15-18-7-3-2-6-17(18)14-20(26)22(28)24-10-12-25(13-11-24)31(29,30)21-9-5-4-8-19(21)23/h2-9,20H,10-15H2,1H3. The molecule has 2 aromatic rings. The first kappa shape index (κ1) is 21.5. The number of benzene rings is 2. The van der Waals surface area contributed by atoms with Crippen LogP contribution in [0.2, 0.25) is 0 Å². The fourth-order valence-corrected chi connectivity index (χ4v) is 5.71. The summed E-state index contributed by atoms with van der Waals surface area (Å²) in [5.74, 6) is -1.15. The van der Waals surface area contributed by atoms with Gasteiger partial charge in [-0.15, -0.1) is 0 Å². The molecule has 0 radical (unpaired) electrons. The van der Waals surface area contributed by atoms with Crippen LogP contribution in [0, 0.1) is 5.82 Å². The van der Waals surface area contributed by atoms with Gasteiger partial charge < -0.3 is 9.80 Å². The third kappa shape index (κ3) is 4.07. The van der Waals surface area contributed by atoms with Crippen LogP contribution in [-0.2, 0) is 32.6 Å². The Morgan fingerprint density at radius 3 is 2.19 bits per heavy atom. The van der Waals surface area contributed by atoms with Crippen molar-refractivity contribution >= 4 is 21.8 Å². The Balaban J connectivity index is 1.48. The van der Waals surface area contributed by atoms with Crippen LogP contribution in [0.25, 0.3) is 0 Å². The lowest BCUT2D eigenvalue weighted by atomic mass is 9.93. The average Bonchev–Trinajstić information content (AvgIpc) is 2.78. The molecule has 1 unspecified atom stereocenters. The highest BCUT2D eigenvalue weighted by Gasteiger charge is 2.38. The van der Waals surface area contributed by atoms with Crippen molar-refractivity contribution in [1.82, 2.24) is 14.1 Å². The zero-order valence-electron chi connectivity index (χ0n) is 17.2. The van der Waals surface area contributed by atoms with Gasteiger partial charge in [-0.25, -0.2) is 12.8 Å². The first-order valence-electron chi connectivity index (χ1n) is 10.2. The van der Waals surface area contributed by atoms with E-state index in [1.807, 2.05) is 24.3 Å². The van der Waals surface area contributed by atoms with Gasteiger partial charge in [0.2, 0.25) is 21.8 Å². The third-order valence-electron chi connectivity index (χ3n) is 5.94. The number of amides is 2. The Morgan fingerprint density at radius 2 is 1.55 bits per heavy atom. The summed E-state index contributed by atoms with van der Waals surface area (Å²) in [4.78, 5) is 28.3. The van der Waals surface area contributed by atoms with Crippen LogP contribution in [0.3, 0.4) is 0 Å². The average molecular weight is 446 g/mol. The first-order valence-corrected chi connectivity index (χ1v) is 11.6. The van der Waals surface area contributed by atoms with E-state index >= 15 is 0 Å². The molecule has 0 aromatic heterocycles. The molecule has 31 heavy (non-hydrogen) atoms. The summed E-state index contributed by atoms with van der Waals surface area (Å²) in [6, 6.07) is 12.4. The van der Waals surface area contributed by atoms with Crippen molar-refractivity contribution in [3.8, 4) is 0 Å². The topological polar surface area (TPSA) is 78.0 Å². The molecular formula is C22H24FN3O4S. The van der Waals surface area contributed by atoms with Gasteiger partial charge in [-0.3, -0.25) is 9.59 Å². The number of halogens is 1. The molecule has 2 aromatic carbocycles. The molecular weight excluding hydrogens is 421 g/mol. The smallest absolute Gasteiger partial charge is 0.246 e. The highest BCUT2D eigenvalue weighted by atomic mass is 32.2. The Hall–Kier alpha value is -2.78. The molecule has 2 heterocycles. The lowest BCUT2D eigenvalue weighted by Crippen LogP contribution is -2.57. The maximum atomic E-state index is 14.0. The monoisotopic (exact) mass is 445 g/mol. The van der Waals surface area contributed by atoms with Crippen LogP contribution < -0.4 is 0 Å². The number of sulfonamides is 1. The van der Waals surface area contributed by atoms with E-state index in [4.69, 9.17) is 0 Å².